The number of hydrogen-bond acceptors (Lipinski definition) is 10. The van der Waals surface area contributed by atoms with E-state index in [1.807, 2.05) is 56.3 Å². The topological polar surface area (TPSA) is 103 Å². The zero-order valence-corrected chi connectivity index (χ0v) is 28.2. The van der Waals surface area contributed by atoms with Crippen molar-refractivity contribution in [2.45, 2.75) is 64.4 Å². The zero-order chi connectivity index (χ0) is 33.2. The van der Waals surface area contributed by atoms with Crippen LogP contribution in [0.15, 0.2) is 60.2 Å². The van der Waals surface area contributed by atoms with E-state index in [4.69, 9.17) is 42.6 Å². The lowest BCUT2D eigenvalue weighted by Crippen LogP contribution is -2.64. The Morgan fingerprint density at radius 1 is 0.870 bits per heavy atom. The number of fused-ring (bicyclic) bond motifs is 1. The molecule has 10 heteroatoms. The van der Waals surface area contributed by atoms with Gasteiger partial charge in [0.25, 0.3) is 0 Å². The van der Waals surface area contributed by atoms with E-state index in [2.05, 4.69) is 19.1 Å². The van der Waals surface area contributed by atoms with Crippen molar-refractivity contribution in [2.24, 2.45) is 11.3 Å². The lowest BCUT2D eigenvalue weighted by molar-refractivity contribution is -0.216. The van der Waals surface area contributed by atoms with Crippen molar-refractivity contribution in [2.75, 3.05) is 55.6 Å². The highest BCUT2D eigenvalue weighted by Crippen LogP contribution is 2.57. The third-order valence-electron chi connectivity index (χ3n) is 9.19. The van der Waals surface area contributed by atoms with Crippen LogP contribution in [-0.2, 0) is 41.4 Å². The van der Waals surface area contributed by atoms with E-state index in [-0.39, 0.29) is 45.6 Å². The van der Waals surface area contributed by atoms with E-state index in [0.717, 1.165) is 34.4 Å². The largest absolute Gasteiger partial charge is 0.497 e. The van der Waals surface area contributed by atoms with Gasteiger partial charge < -0.3 is 47.7 Å². The van der Waals surface area contributed by atoms with E-state index in [1.54, 1.807) is 28.4 Å². The molecule has 2 aromatic carbocycles. The fraction of sp³-hybridized carbons (Fsp3) is 0.556. The van der Waals surface area contributed by atoms with E-state index in [0.29, 0.717) is 24.5 Å². The average molecular weight is 643 g/mol. The molecule has 254 valence electrons. The molecule has 0 aliphatic heterocycles. The van der Waals surface area contributed by atoms with Gasteiger partial charge in [-0.3, -0.25) is 0 Å². The number of ether oxygens (including phenoxy) is 9. The first kappa shape index (κ1) is 35.9. The second-order valence-electron chi connectivity index (χ2n) is 12.1. The quantitative estimate of drug-likeness (QED) is 0.123. The molecule has 0 radical (unpaired) electrons. The lowest BCUT2D eigenvalue weighted by atomic mass is 9.52. The summed E-state index contributed by atoms with van der Waals surface area (Å²) in [6.45, 7) is 6.58. The van der Waals surface area contributed by atoms with Crippen LogP contribution in [0.5, 0.6) is 17.2 Å². The zero-order valence-electron chi connectivity index (χ0n) is 28.2. The molecule has 1 N–H and O–H groups in total. The Morgan fingerprint density at radius 2 is 1.54 bits per heavy atom. The van der Waals surface area contributed by atoms with Crippen LogP contribution in [0.4, 0.5) is 0 Å². The van der Waals surface area contributed by atoms with Crippen molar-refractivity contribution in [1.29, 1.82) is 0 Å². The number of aliphatic hydroxyl groups is 1. The van der Waals surface area contributed by atoms with Crippen LogP contribution in [0, 0.1) is 18.3 Å². The normalized spacial score (nSPS) is 24.7. The molecular weight excluding hydrogens is 592 g/mol. The Kier molecular flexibility index (Phi) is 13.1. The maximum atomic E-state index is 13.0. The highest BCUT2D eigenvalue weighted by molar-refractivity contribution is 5.49. The fourth-order valence-electron chi connectivity index (χ4n) is 6.77. The smallest absolute Gasteiger partial charge is 0.189 e. The van der Waals surface area contributed by atoms with Gasteiger partial charge in [0.1, 0.15) is 36.4 Å². The Morgan fingerprint density at radius 3 is 2.20 bits per heavy atom. The van der Waals surface area contributed by atoms with Gasteiger partial charge in [0.2, 0.25) is 0 Å². The number of benzene rings is 2. The summed E-state index contributed by atoms with van der Waals surface area (Å²) in [6, 6.07) is 11.6. The standard InChI is InChI=1S/C36H50O10/c1-25-16-31(43-21-38-4)29(32(17-25)45-24-42-20-27-11-13-28(41-7)14-12-27)19-34(46-23-40-6)36(37)26(2)18-33(44-22-39-5)30-10-8-9-15-35(30,36)3/h8-9,11-14,16-18,30,33-34,37H,10,15,19-24H2,1-7H3/t30-,33-,34+,35-,36-/m1/s1. The predicted octanol–water partition coefficient (Wildman–Crippen LogP) is 5.72. The summed E-state index contributed by atoms with van der Waals surface area (Å²) < 4.78 is 51.9. The van der Waals surface area contributed by atoms with E-state index >= 15 is 0 Å². The minimum atomic E-state index is -1.39. The minimum Gasteiger partial charge on any atom is -0.497 e. The number of rotatable bonds is 18. The van der Waals surface area contributed by atoms with Crippen molar-refractivity contribution in [3.63, 3.8) is 0 Å². The first-order valence-corrected chi connectivity index (χ1v) is 15.6. The Balaban J connectivity index is 1.68. The number of aryl methyl sites for hydroxylation is 1. The van der Waals surface area contributed by atoms with Crippen LogP contribution in [0.3, 0.4) is 0 Å². The molecule has 0 aromatic heterocycles. The Bertz CT molecular complexity index is 1310. The van der Waals surface area contributed by atoms with Gasteiger partial charge in [-0.05, 0) is 67.7 Å². The summed E-state index contributed by atoms with van der Waals surface area (Å²) in [5.41, 5.74) is 1.40. The average Bonchev–Trinajstić information content (AvgIpc) is 3.06. The van der Waals surface area contributed by atoms with Gasteiger partial charge in [-0.2, -0.15) is 0 Å². The van der Waals surface area contributed by atoms with Crippen LogP contribution in [0.2, 0.25) is 0 Å². The first-order chi connectivity index (χ1) is 22.2. The van der Waals surface area contributed by atoms with Crippen LogP contribution < -0.4 is 14.2 Å². The molecule has 0 spiro atoms. The molecule has 0 saturated carbocycles. The first-order valence-electron chi connectivity index (χ1n) is 15.6. The van der Waals surface area contributed by atoms with Gasteiger partial charge in [0.05, 0.1) is 25.9 Å². The molecule has 0 amide bonds. The van der Waals surface area contributed by atoms with Crippen LogP contribution in [0.1, 0.15) is 43.4 Å². The second kappa shape index (κ2) is 16.7. The van der Waals surface area contributed by atoms with Crippen LogP contribution in [0.25, 0.3) is 0 Å². The van der Waals surface area contributed by atoms with Gasteiger partial charge in [0, 0.05) is 44.6 Å². The highest BCUT2D eigenvalue weighted by Gasteiger charge is 2.61. The SMILES string of the molecule is COCOc1cc(C)cc(OCOCc2ccc(OC)cc2)c1C[C@H](OCOC)[C@]1(O)C(C)=C[C@@H](OCOC)[C@H]2CC=CC[C@]21C. The van der Waals surface area contributed by atoms with Gasteiger partial charge in [-0.15, -0.1) is 0 Å². The number of allylic oxidation sites excluding steroid dienone is 2. The van der Waals surface area contributed by atoms with Gasteiger partial charge in [-0.25, -0.2) is 0 Å². The Hall–Kier alpha value is -2.96. The van der Waals surface area contributed by atoms with Crippen molar-refractivity contribution in [3.05, 3.63) is 76.9 Å². The van der Waals surface area contributed by atoms with Gasteiger partial charge in [0.15, 0.2) is 13.6 Å². The third kappa shape index (κ3) is 7.94. The third-order valence-corrected chi connectivity index (χ3v) is 9.19. The summed E-state index contributed by atoms with van der Waals surface area (Å²) in [5.74, 6) is 1.91. The second-order valence-corrected chi connectivity index (χ2v) is 12.1. The number of hydrogen-bond donors (Lipinski definition) is 1. The van der Waals surface area contributed by atoms with Gasteiger partial charge >= 0.3 is 0 Å². The maximum absolute atomic E-state index is 13.0. The predicted molar refractivity (Wildman–Crippen MR) is 173 cm³/mol. The van der Waals surface area contributed by atoms with Crippen molar-refractivity contribution in [1.82, 2.24) is 0 Å². The summed E-state index contributed by atoms with van der Waals surface area (Å²) in [5, 5.41) is 13.0. The molecule has 4 rings (SSSR count). The van der Waals surface area contributed by atoms with Crippen LogP contribution >= 0.6 is 0 Å². The van der Waals surface area contributed by atoms with Crippen LogP contribution in [-0.4, -0.2) is 78.5 Å². The monoisotopic (exact) mass is 642 g/mol. The maximum Gasteiger partial charge on any atom is 0.189 e. The molecular formula is C36H50O10. The summed E-state index contributed by atoms with van der Waals surface area (Å²) in [4.78, 5) is 0. The van der Waals surface area contributed by atoms with Crippen molar-refractivity contribution in [3.8, 4) is 17.2 Å². The molecule has 0 heterocycles. The molecule has 5 atom stereocenters. The molecule has 2 aliphatic carbocycles. The molecule has 0 saturated heterocycles. The van der Waals surface area contributed by atoms with Crippen molar-refractivity contribution < 1.29 is 47.7 Å². The minimum absolute atomic E-state index is 0.00208. The lowest BCUT2D eigenvalue weighted by Gasteiger charge is -2.58. The molecule has 46 heavy (non-hydrogen) atoms. The molecule has 2 aromatic rings. The fourth-order valence-corrected chi connectivity index (χ4v) is 6.77. The van der Waals surface area contributed by atoms with E-state index in [9.17, 15) is 5.11 Å². The summed E-state index contributed by atoms with van der Waals surface area (Å²) in [6.07, 6.45) is 6.99. The van der Waals surface area contributed by atoms with E-state index in [1.165, 1.54) is 0 Å². The molecule has 0 unspecified atom stereocenters. The molecule has 0 bridgehead atoms. The number of methoxy groups -OCH3 is 4. The molecule has 0 fully saturated rings. The Labute approximate surface area is 273 Å². The van der Waals surface area contributed by atoms with Crippen molar-refractivity contribution >= 4 is 0 Å². The van der Waals surface area contributed by atoms with E-state index < -0.39 is 17.1 Å². The summed E-state index contributed by atoms with van der Waals surface area (Å²) in [7, 11) is 6.39. The molecule has 10 nitrogen and oxygen atoms in total. The van der Waals surface area contributed by atoms with Gasteiger partial charge in [-0.1, -0.05) is 37.3 Å². The molecule has 2 aliphatic rings. The highest BCUT2D eigenvalue weighted by atomic mass is 16.7. The summed E-state index contributed by atoms with van der Waals surface area (Å²) >= 11 is 0.